The number of morpholine rings is 1. The van der Waals surface area contributed by atoms with Crippen molar-refractivity contribution in [1.82, 2.24) is 20.0 Å². The smallest absolute Gasteiger partial charge is 0.320 e. The molecular formula is C24H26N6O4. The fourth-order valence-corrected chi connectivity index (χ4v) is 4.09. The summed E-state index contributed by atoms with van der Waals surface area (Å²) in [5, 5.41) is 9.68. The molecule has 0 unspecified atom stereocenters. The Bertz CT molecular complexity index is 1190. The molecule has 0 spiro atoms. The Hall–Kier alpha value is -4.05. The number of hydrogen-bond donors (Lipinski definition) is 2. The van der Waals surface area contributed by atoms with E-state index in [4.69, 9.17) is 9.47 Å². The Labute approximate surface area is 197 Å². The van der Waals surface area contributed by atoms with Gasteiger partial charge in [0.2, 0.25) is 0 Å². The monoisotopic (exact) mass is 462 g/mol. The van der Waals surface area contributed by atoms with E-state index in [0.29, 0.717) is 62.3 Å². The van der Waals surface area contributed by atoms with Crippen LogP contribution in [0.2, 0.25) is 0 Å². The van der Waals surface area contributed by atoms with E-state index in [2.05, 4.69) is 20.6 Å². The van der Waals surface area contributed by atoms with E-state index in [1.54, 1.807) is 18.0 Å². The Morgan fingerprint density at radius 2 is 1.76 bits per heavy atom. The highest BCUT2D eigenvalue weighted by atomic mass is 16.5. The van der Waals surface area contributed by atoms with Crippen LogP contribution in [0.25, 0.3) is 0 Å². The number of nitrogens with zero attached hydrogens (tertiary/aromatic N) is 4. The van der Waals surface area contributed by atoms with E-state index >= 15 is 0 Å². The molecule has 2 aromatic carbocycles. The molecule has 10 heteroatoms. The number of ether oxygens (including phenoxy) is 2. The minimum atomic E-state index is -0.333. The maximum Gasteiger partial charge on any atom is 0.320 e. The summed E-state index contributed by atoms with van der Waals surface area (Å²) in [7, 11) is 1.55. The molecule has 3 aromatic rings. The molecular weight excluding hydrogens is 436 g/mol. The number of para-hydroxylation sites is 1. The maximum atomic E-state index is 13.3. The summed E-state index contributed by atoms with van der Waals surface area (Å²) >= 11 is 0. The minimum Gasteiger partial charge on any atom is -0.457 e. The van der Waals surface area contributed by atoms with Gasteiger partial charge in [0.1, 0.15) is 17.3 Å². The molecule has 2 N–H and O–H groups in total. The average molecular weight is 463 g/mol. The molecule has 1 fully saturated rings. The molecule has 5 rings (SSSR count). The van der Waals surface area contributed by atoms with Crippen molar-refractivity contribution in [2.75, 3.05) is 50.1 Å². The number of fused-ring (bicyclic) bond motifs is 1. The molecule has 3 heterocycles. The first kappa shape index (κ1) is 21.8. The van der Waals surface area contributed by atoms with Crippen molar-refractivity contribution in [2.45, 2.75) is 6.54 Å². The molecule has 3 amide bonds. The molecule has 10 nitrogen and oxygen atoms in total. The van der Waals surface area contributed by atoms with Crippen molar-refractivity contribution in [3.05, 3.63) is 60.2 Å². The van der Waals surface area contributed by atoms with Crippen LogP contribution < -0.4 is 20.3 Å². The number of rotatable bonds is 5. The Morgan fingerprint density at radius 1 is 0.971 bits per heavy atom. The second-order valence-corrected chi connectivity index (χ2v) is 8.00. The molecule has 34 heavy (non-hydrogen) atoms. The van der Waals surface area contributed by atoms with Crippen molar-refractivity contribution < 1.29 is 19.1 Å². The predicted octanol–water partition coefficient (Wildman–Crippen LogP) is 3.05. The fourth-order valence-electron chi connectivity index (χ4n) is 4.09. The Morgan fingerprint density at radius 3 is 2.53 bits per heavy atom. The predicted molar refractivity (Wildman–Crippen MR) is 127 cm³/mol. The zero-order chi connectivity index (χ0) is 23.5. The van der Waals surface area contributed by atoms with E-state index in [1.165, 1.54) is 0 Å². The highest BCUT2D eigenvalue weighted by molar-refractivity contribution is 5.96. The van der Waals surface area contributed by atoms with Gasteiger partial charge in [0, 0.05) is 50.1 Å². The van der Waals surface area contributed by atoms with Gasteiger partial charge in [-0.05, 0) is 24.3 Å². The number of amides is 3. The van der Waals surface area contributed by atoms with Gasteiger partial charge in [0.05, 0.1) is 19.8 Å². The highest BCUT2D eigenvalue weighted by Crippen LogP contribution is 2.36. The summed E-state index contributed by atoms with van der Waals surface area (Å²) < 4.78 is 13.3. The Balaban J connectivity index is 1.48. The van der Waals surface area contributed by atoms with Gasteiger partial charge in [-0.1, -0.05) is 18.2 Å². The normalized spacial score (nSPS) is 15.1. The second-order valence-electron chi connectivity index (χ2n) is 8.00. The number of urea groups is 1. The zero-order valence-electron chi connectivity index (χ0n) is 18.9. The van der Waals surface area contributed by atoms with Gasteiger partial charge in [-0.3, -0.25) is 10.1 Å². The SMILES string of the molecule is CNC(=O)Nc1cc2n(n1)CCN2c1cc(Oc2ccccc2)cc(C(=O)N2CCOCC2)c1. The fraction of sp³-hybridized carbons (Fsp3) is 0.292. The molecule has 0 saturated carbocycles. The van der Waals surface area contributed by atoms with Crippen LogP contribution in [-0.4, -0.2) is 66.5 Å². The number of aromatic nitrogens is 2. The maximum absolute atomic E-state index is 13.3. The van der Waals surface area contributed by atoms with E-state index in [0.717, 1.165) is 11.5 Å². The number of carbonyl (C=O) groups is 2. The zero-order valence-corrected chi connectivity index (χ0v) is 18.9. The van der Waals surface area contributed by atoms with Crippen molar-refractivity contribution in [3.63, 3.8) is 0 Å². The van der Waals surface area contributed by atoms with Crippen molar-refractivity contribution in [1.29, 1.82) is 0 Å². The summed E-state index contributed by atoms with van der Waals surface area (Å²) in [6.45, 7) is 3.52. The first-order valence-electron chi connectivity index (χ1n) is 11.2. The summed E-state index contributed by atoms with van der Waals surface area (Å²) in [5.74, 6) is 2.49. The largest absolute Gasteiger partial charge is 0.457 e. The van der Waals surface area contributed by atoms with Crippen LogP contribution >= 0.6 is 0 Å². The first-order valence-corrected chi connectivity index (χ1v) is 11.2. The van der Waals surface area contributed by atoms with Crippen LogP contribution in [0.3, 0.4) is 0 Å². The third-order valence-electron chi connectivity index (χ3n) is 5.77. The average Bonchev–Trinajstić information content (AvgIpc) is 3.44. The van der Waals surface area contributed by atoms with Crippen LogP contribution in [-0.2, 0) is 11.3 Å². The lowest BCUT2D eigenvalue weighted by Gasteiger charge is -2.27. The van der Waals surface area contributed by atoms with Gasteiger partial charge in [0.15, 0.2) is 5.82 Å². The van der Waals surface area contributed by atoms with Crippen LogP contribution in [0, 0.1) is 0 Å². The topological polar surface area (TPSA) is 101 Å². The van der Waals surface area contributed by atoms with Gasteiger partial charge in [-0.15, -0.1) is 0 Å². The van der Waals surface area contributed by atoms with Gasteiger partial charge in [0.25, 0.3) is 5.91 Å². The van der Waals surface area contributed by atoms with Gasteiger partial charge in [-0.2, -0.15) is 5.10 Å². The molecule has 2 aliphatic heterocycles. The van der Waals surface area contributed by atoms with E-state index in [-0.39, 0.29) is 11.9 Å². The summed E-state index contributed by atoms with van der Waals surface area (Å²) in [6, 6.07) is 16.5. The number of hydrogen-bond acceptors (Lipinski definition) is 6. The standard InChI is InChI=1S/C24H26N6O4/c1-25-24(32)26-21-16-22-29(7-8-30(22)27-21)18-13-17(23(31)28-9-11-33-12-10-28)14-20(15-18)34-19-5-3-2-4-6-19/h2-6,13-16H,7-12H2,1H3,(H2,25,26,27,32). The molecule has 2 aliphatic rings. The number of nitrogens with one attached hydrogen (secondary N) is 2. The van der Waals surface area contributed by atoms with Crippen molar-refractivity contribution >= 4 is 29.3 Å². The lowest BCUT2D eigenvalue weighted by atomic mass is 10.1. The quantitative estimate of drug-likeness (QED) is 0.605. The van der Waals surface area contributed by atoms with Gasteiger partial charge in [-0.25, -0.2) is 9.48 Å². The number of carbonyl (C=O) groups excluding carboxylic acids is 2. The van der Waals surface area contributed by atoms with E-state index < -0.39 is 0 Å². The summed E-state index contributed by atoms with van der Waals surface area (Å²) in [6.07, 6.45) is 0. The lowest BCUT2D eigenvalue weighted by molar-refractivity contribution is 0.0303. The number of anilines is 3. The second kappa shape index (κ2) is 9.44. The van der Waals surface area contributed by atoms with Crippen LogP contribution in [0.1, 0.15) is 10.4 Å². The lowest BCUT2D eigenvalue weighted by Crippen LogP contribution is -2.40. The molecule has 1 aromatic heterocycles. The molecule has 0 radical (unpaired) electrons. The van der Waals surface area contributed by atoms with E-state index in [1.807, 2.05) is 53.2 Å². The molecule has 176 valence electrons. The van der Waals surface area contributed by atoms with Crippen molar-refractivity contribution in [2.24, 2.45) is 0 Å². The molecule has 0 aliphatic carbocycles. The van der Waals surface area contributed by atoms with Crippen LogP contribution in [0.5, 0.6) is 11.5 Å². The highest BCUT2D eigenvalue weighted by Gasteiger charge is 2.26. The van der Waals surface area contributed by atoms with Gasteiger partial charge >= 0.3 is 6.03 Å². The summed E-state index contributed by atoms with van der Waals surface area (Å²) in [5.41, 5.74) is 1.36. The van der Waals surface area contributed by atoms with Crippen molar-refractivity contribution in [3.8, 4) is 11.5 Å². The van der Waals surface area contributed by atoms with Gasteiger partial charge < -0.3 is 24.6 Å². The van der Waals surface area contributed by atoms with E-state index in [9.17, 15) is 9.59 Å². The number of benzene rings is 2. The van der Waals surface area contributed by atoms with Crippen LogP contribution in [0.15, 0.2) is 54.6 Å². The molecule has 0 atom stereocenters. The third-order valence-corrected chi connectivity index (χ3v) is 5.77. The molecule has 0 bridgehead atoms. The first-order chi connectivity index (χ1) is 16.6. The van der Waals surface area contributed by atoms with Crippen LogP contribution in [0.4, 0.5) is 22.1 Å². The Kier molecular flexibility index (Phi) is 6.05. The molecule has 1 saturated heterocycles. The summed E-state index contributed by atoms with van der Waals surface area (Å²) in [4.78, 5) is 28.9. The third kappa shape index (κ3) is 4.53. The minimum absolute atomic E-state index is 0.0576.